The third-order valence-electron chi connectivity index (χ3n) is 3.16. The summed E-state index contributed by atoms with van der Waals surface area (Å²) in [6, 6.07) is 14.1. The number of carbonyl (C=O) groups is 1. The molecule has 0 spiro atoms. The molecular formula is C18H18O2. The van der Waals surface area contributed by atoms with Crippen LogP contribution in [0.5, 0.6) is 5.75 Å². The second-order valence-corrected chi connectivity index (χ2v) is 4.74. The third-order valence-corrected chi connectivity index (χ3v) is 3.16. The molecule has 102 valence electrons. The Bertz CT molecular complexity index is 590. The number of carbonyl (C=O) groups excluding carboxylic acids is 1. The van der Waals surface area contributed by atoms with Gasteiger partial charge in [-0.1, -0.05) is 36.4 Å². The lowest BCUT2D eigenvalue weighted by Gasteiger charge is -2.11. The van der Waals surface area contributed by atoms with E-state index in [0.29, 0.717) is 6.61 Å². The van der Waals surface area contributed by atoms with Crippen molar-refractivity contribution < 1.29 is 9.53 Å². The first kappa shape index (κ1) is 14.1. The van der Waals surface area contributed by atoms with Gasteiger partial charge in [0.05, 0.1) is 0 Å². The lowest BCUT2D eigenvalue weighted by molar-refractivity contribution is -0.104. The highest BCUT2D eigenvalue weighted by atomic mass is 16.5. The van der Waals surface area contributed by atoms with Crippen molar-refractivity contribution >= 4 is 12.4 Å². The van der Waals surface area contributed by atoms with E-state index in [1.807, 2.05) is 62.4 Å². The zero-order valence-electron chi connectivity index (χ0n) is 11.8. The predicted octanol–water partition coefficient (Wildman–Crippen LogP) is 4.09. The summed E-state index contributed by atoms with van der Waals surface area (Å²) in [6.45, 7) is 4.60. The molecule has 0 amide bonds. The van der Waals surface area contributed by atoms with Crippen molar-refractivity contribution in [3.05, 3.63) is 70.8 Å². The number of aldehydes is 1. The molecule has 2 nitrogen and oxygen atoms in total. The maximum atomic E-state index is 10.4. The van der Waals surface area contributed by atoms with Crippen LogP contribution in [0.3, 0.4) is 0 Å². The van der Waals surface area contributed by atoms with E-state index in [1.54, 1.807) is 0 Å². The van der Waals surface area contributed by atoms with Gasteiger partial charge in [0.2, 0.25) is 0 Å². The first-order valence-electron chi connectivity index (χ1n) is 6.60. The summed E-state index contributed by atoms with van der Waals surface area (Å²) >= 11 is 0. The minimum atomic E-state index is 0.559. The lowest BCUT2D eigenvalue weighted by atomic mass is 10.0. The Morgan fingerprint density at radius 2 is 1.70 bits per heavy atom. The summed E-state index contributed by atoms with van der Waals surface area (Å²) in [5.41, 5.74) is 4.43. The Hall–Kier alpha value is -2.35. The van der Waals surface area contributed by atoms with Gasteiger partial charge in [-0.2, -0.15) is 0 Å². The van der Waals surface area contributed by atoms with E-state index in [9.17, 15) is 4.79 Å². The summed E-state index contributed by atoms with van der Waals surface area (Å²) in [6.07, 6.45) is 4.14. The Morgan fingerprint density at radius 3 is 2.30 bits per heavy atom. The number of hydrogen-bond acceptors (Lipinski definition) is 2. The number of benzene rings is 2. The standard InChI is InChI=1S/C18H18O2/c1-14-11-17(12-15(2)18(14)9-6-10-19)20-13-16-7-4-3-5-8-16/h3-12H,13H2,1-2H3/b9-6+. The van der Waals surface area contributed by atoms with E-state index in [0.717, 1.165) is 34.3 Å². The van der Waals surface area contributed by atoms with Crippen molar-refractivity contribution in [2.45, 2.75) is 20.5 Å². The van der Waals surface area contributed by atoms with Crippen LogP contribution in [-0.4, -0.2) is 6.29 Å². The van der Waals surface area contributed by atoms with Gasteiger partial charge in [0.1, 0.15) is 18.6 Å². The topological polar surface area (TPSA) is 26.3 Å². The number of rotatable bonds is 5. The molecule has 2 aromatic rings. The van der Waals surface area contributed by atoms with Crippen LogP contribution in [0.1, 0.15) is 22.3 Å². The molecule has 0 atom stereocenters. The molecule has 2 heteroatoms. The van der Waals surface area contributed by atoms with Gasteiger partial charge in [0.25, 0.3) is 0 Å². The molecule has 0 aliphatic carbocycles. The molecule has 0 N–H and O–H groups in total. The molecule has 0 saturated heterocycles. The van der Waals surface area contributed by atoms with E-state index < -0.39 is 0 Å². The van der Waals surface area contributed by atoms with E-state index in [4.69, 9.17) is 4.74 Å². The van der Waals surface area contributed by atoms with E-state index in [1.165, 1.54) is 6.08 Å². The van der Waals surface area contributed by atoms with Crippen LogP contribution in [0, 0.1) is 13.8 Å². The molecular weight excluding hydrogens is 248 g/mol. The van der Waals surface area contributed by atoms with Gasteiger partial charge >= 0.3 is 0 Å². The fraction of sp³-hybridized carbons (Fsp3) is 0.167. The Kier molecular flexibility index (Phi) is 4.72. The van der Waals surface area contributed by atoms with Crippen molar-refractivity contribution in [3.8, 4) is 5.75 Å². The van der Waals surface area contributed by atoms with E-state index >= 15 is 0 Å². The van der Waals surface area contributed by atoms with Gasteiger partial charge in [-0.3, -0.25) is 4.79 Å². The Labute approximate surface area is 119 Å². The van der Waals surface area contributed by atoms with Crippen LogP contribution < -0.4 is 4.74 Å². The summed E-state index contributed by atoms with van der Waals surface area (Å²) in [5, 5.41) is 0. The van der Waals surface area contributed by atoms with Gasteiger partial charge in [-0.25, -0.2) is 0 Å². The molecule has 0 saturated carbocycles. The monoisotopic (exact) mass is 266 g/mol. The maximum absolute atomic E-state index is 10.4. The van der Waals surface area contributed by atoms with Crippen LogP contribution in [0.25, 0.3) is 6.08 Å². The molecule has 0 heterocycles. The number of hydrogen-bond donors (Lipinski definition) is 0. The molecule has 2 aromatic carbocycles. The molecule has 0 aromatic heterocycles. The Morgan fingerprint density at radius 1 is 1.05 bits per heavy atom. The van der Waals surface area contributed by atoms with Crippen molar-refractivity contribution in [2.24, 2.45) is 0 Å². The van der Waals surface area contributed by atoms with Gasteiger partial charge in [-0.05, 0) is 54.3 Å². The molecule has 0 aliphatic heterocycles. The van der Waals surface area contributed by atoms with Crippen molar-refractivity contribution in [2.75, 3.05) is 0 Å². The molecule has 0 radical (unpaired) electrons. The smallest absolute Gasteiger partial charge is 0.142 e. The number of ether oxygens (including phenoxy) is 1. The normalized spacial score (nSPS) is 10.7. The highest BCUT2D eigenvalue weighted by Crippen LogP contribution is 2.23. The predicted molar refractivity (Wildman–Crippen MR) is 81.8 cm³/mol. The van der Waals surface area contributed by atoms with Crippen LogP contribution in [-0.2, 0) is 11.4 Å². The lowest BCUT2D eigenvalue weighted by Crippen LogP contribution is -1.97. The van der Waals surface area contributed by atoms with Crippen molar-refractivity contribution in [1.82, 2.24) is 0 Å². The molecule has 0 unspecified atom stereocenters. The summed E-state index contributed by atoms with van der Waals surface area (Å²) in [4.78, 5) is 10.4. The van der Waals surface area contributed by atoms with Gasteiger partial charge < -0.3 is 4.74 Å². The van der Waals surface area contributed by atoms with E-state index in [2.05, 4.69) is 0 Å². The number of aryl methyl sites for hydroxylation is 2. The third kappa shape index (κ3) is 3.58. The summed E-state index contributed by atoms with van der Waals surface area (Å²) in [7, 11) is 0. The van der Waals surface area contributed by atoms with Crippen molar-refractivity contribution in [1.29, 1.82) is 0 Å². The summed E-state index contributed by atoms with van der Waals surface area (Å²) < 4.78 is 5.82. The molecule has 2 rings (SSSR count). The second kappa shape index (κ2) is 6.71. The van der Waals surface area contributed by atoms with Crippen LogP contribution in [0.4, 0.5) is 0 Å². The SMILES string of the molecule is Cc1cc(OCc2ccccc2)cc(C)c1/C=C/C=O. The van der Waals surface area contributed by atoms with Crippen LogP contribution >= 0.6 is 0 Å². The van der Waals surface area contributed by atoms with Gasteiger partial charge in [0, 0.05) is 0 Å². The first-order chi connectivity index (χ1) is 9.70. The fourth-order valence-corrected chi connectivity index (χ4v) is 2.16. The molecule has 0 bridgehead atoms. The van der Waals surface area contributed by atoms with Crippen LogP contribution in [0.2, 0.25) is 0 Å². The summed E-state index contributed by atoms with van der Waals surface area (Å²) in [5.74, 6) is 0.854. The first-order valence-corrected chi connectivity index (χ1v) is 6.60. The van der Waals surface area contributed by atoms with Crippen LogP contribution in [0.15, 0.2) is 48.5 Å². The molecule has 0 fully saturated rings. The quantitative estimate of drug-likeness (QED) is 0.601. The second-order valence-electron chi connectivity index (χ2n) is 4.74. The molecule has 0 aliphatic rings. The Balaban J connectivity index is 2.14. The zero-order chi connectivity index (χ0) is 14.4. The average Bonchev–Trinajstić information content (AvgIpc) is 2.45. The maximum Gasteiger partial charge on any atom is 0.142 e. The minimum absolute atomic E-state index is 0.559. The fourth-order valence-electron chi connectivity index (χ4n) is 2.16. The van der Waals surface area contributed by atoms with E-state index in [-0.39, 0.29) is 0 Å². The zero-order valence-corrected chi connectivity index (χ0v) is 11.8. The highest BCUT2D eigenvalue weighted by Gasteiger charge is 2.04. The minimum Gasteiger partial charge on any atom is -0.489 e. The average molecular weight is 266 g/mol. The number of allylic oxidation sites excluding steroid dienone is 1. The largest absolute Gasteiger partial charge is 0.489 e. The van der Waals surface area contributed by atoms with Crippen molar-refractivity contribution in [3.63, 3.8) is 0 Å². The molecule has 20 heavy (non-hydrogen) atoms. The van der Waals surface area contributed by atoms with Gasteiger partial charge in [0.15, 0.2) is 0 Å². The van der Waals surface area contributed by atoms with Gasteiger partial charge in [-0.15, -0.1) is 0 Å². The highest BCUT2D eigenvalue weighted by molar-refractivity contribution is 5.75.